The predicted octanol–water partition coefficient (Wildman–Crippen LogP) is 5.15. The number of hydrogen-bond donors (Lipinski definition) is 1. The van der Waals surface area contributed by atoms with E-state index >= 15 is 0 Å². The van der Waals surface area contributed by atoms with E-state index in [4.69, 9.17) is 4.42 Å². The number of thiazole rings is 2. The molecule has 8 heteroatoms. The van der Waals surface area contributed by atoms with Crippen LogP contribution in [0.25, 0.3) is 21.3 Å². The van der Waals surface area contributed by atoms with E-state index < -0.39 is 0 Å². The number of nitrogens with zero attached hydrogens (tertiary/aromatic N) is 2. The van der Waals surface area contributed by atoms with Crippen molar-refractivity contribution in [2.75, 3.05) is 5.32 Å². The normalized spacial score (nSPS) is 10.9. The van der Waals surface area contributed by atoms with Gasteiger partial charge in [0.1, 0.15) is 5.69 Å². The Bertz CT molecular complexity index is 968. The standard InChI is InChI=1S/C16H11N3O2S3/c1-9-13(18-15(24-9)11-4-2-6-21-11)14(20)19-16-17-10(8-23-16)12-5-3-7-22-12/h2-8H,1H3,(H,17,19,20). The highest BCUT2D eigenvalue weighted by atomic mass is 32.1. The van der Waals surface area contributed by atoms with Crippen LogP contribution in [0, 0.1) is 6.92 Å². The van der Waals surface area contributed by atoms with Crippen molar-refractivity contribution < 1.29 is 9.21 Å². The highest BCUT2D eigenvalue weighted by Gasteiger charge is 2.19. The Hall–Kier alpha value is -2.29. The number of hydrogen-bond acceptors (Lipinski definition) is 7. The molecule has 0 unspecified atom stereocenters. The molecule has 4 aromatic heterocycles. The van der Waals surface area contributed by atoms with E-state index in [1.807, 2.05) is 35.9 Å². The molecule has 0 atom stereocenters. The van der Waals surface area contributed by atoms with E-state index in [0.29, 0.717) is 21.6 Å². The molecule has 1 N–H and O–H groups in total. The van der Waals surface area contributed by atoms with Gasteiger partial charge in [-0.05, 0) is 30.5 Å². The van der Waals surface area contributed by atoms with Crippen molar-refractivity contribution in [3.05, 3.63) is 51.9 Å². The Balaban J connectivity index is 1.54. The van der Waals surface area contributed by atoms with Crippen molar-refractivity contribution in [1.29, 1.82) is 0 Å². The molecule has 120 valence electrons. The van der Waals surface area contributed by atoms with Gasteiger partial charge in [-0.25, -0.2) is 9.97 Å². The second-order valence-corrected chi connectivity index (χ2v) is 7.88. The molecule has 0 aliphatic rings. The zero-order valence-corrected chi connectivity index (χ0v) is 14.9. The molecular weight excluding hydrogens is 362 g/mol. The molecule has 5 nitrogen and oxygen atoms in total. The lowest BCUT2D eigenvalue weighted by Gasteiger charge is -1.99. The average molecular weight is 373 g/mol. The number of nitrogens with one attached hydrogen (secondary N) is 1. The first kappa shape index (κ1) is 15.3. The summed E-state index contributed by atoms with van der Waals surface area (Å²) >= 11 is 4.45. The first-order valence-corrected chi connectivity index (χ1v) is 9.60. The van der Waals surface area contributed by atoms with Crippen LogP contribution in [0.1, 0.15) is 15.4 Å². The van der Waals surface area contributed by atoms with Crippen LogP contribution >= 0.6 is 34.0 Å². The molecule has 0 aromatic carbocycles. The maximum Gasteiger partial charge on any atom is 0.277 e. The quantitative estimate of drug-likeness (QED) is 0.537. The number of aromatic nitrogens is 2. The summed E-state index contributed by atoms with van der Waals surface area (Å²) in [4.78, 5) is 23.3. The summed E-state index contributed by atoms with van der Waals surface area (Å²) in [5.41, 5.74) is 1.27. The fourth-order valence-electron chi connectivity index (χ4n) is 2.14. The van der Waals surface area contributed by atoms with Crippen LogP contribution in [0.3, 0.4) is 0 Å². The van der Waals surface area contributed by atoms with Gasteiger partial charge in [-0.1, -0.05) is 6.07 Å². The lowest BCUT2D eigenvalue weighted by atomic mass is 10.3. The number of aryl methyl sites for hydroxylation is 1. The highest BCUT2D eigenvalue weighted by molar-refractivity contribution is 7.16. The zero-order chi connectivity index (χ0) is 16.5. The Morgan fingerprint density at radius 3 is 2.88 bits per heavy atom. The number of carbonyl (C=O) groups is 1. The Morgan fingerprint density at radius 1 is 1.21 bits per heavy atom. The van der Waals surface area contributed by atoms with Crippen LogP contribution < -0.4 is 5.32 Å². The van der Waals surface area contributed by atoms with Crippen molar-refractivity contribution in [2.24, 2.45) is 0 Å². The van der Waals surface area contributed by atoms with Crippen molar-refractivity contribution in [3.8, 4) is 21.3 Å². The first-order valence-electron chi connectivity index (χ1n) is 7.03. The minimum Gasteiger partial charge on any atom is -0.462 e. The molecule has 4 heterocycles. The molecule has 0 saturated heterocycles. The van der Waals surface area contributed by atoms with Crippen molar-refractivity contribution in [1.82, 2.24) is 9.97 Å². The topological polar surface area (TPSA) is 68.0 Å². The monoisotopic (exact) mass is 373 g/mol. The number of rotatable bonds is 4. The van der Waals surface area contributed by atoms with Crippen molar-refractivity contribution >= 4 is 45.0 Å². The number of furan rings is 1. The van der Waals surface area contributed by atoms with Crippen LogP contribution in [0.4, 0.5) is 5.13 Å². The van der Waals surface area contributed by atoms with Crippen molar-refractivity contribution in [2.45, 2.75) is 6.92 Å². The molecule has 0 saturated carbocycles. The number of amides is 1. The molecule has 0 aliphatic carbocycles. The lowest BCUT2D eigenvalue weighted by Crippen LogP contribution is -2.13. The van der Waals surface area contributed by atoms with Gasteiger partial charge in [-0.2, -0.15) is 0 Å². The molecule has 24 heavy (non-hydrogen) atoms. The van der Waals surface area contributed by atoms with E-state index in [0.717, 1.165) is 15.4 Å². The third kappa shape index (κ3) is 2.91. The largest absolute Gasteiger partial charge is 0.462 e. The summed E-state index contributed by atoms with van der Waals surface area (Å²) in [6.07, 6.45) is 1.59. The molecule has 0 fully saturated rings. The van der Waals surface area contributed by atoms with Crippen LogP contribution in [0.5, 0.6) is 0 Å². The number of carbonyl (C=O) groups excluding carboxylic acids is 1. The first-order chi connectivity index (χ1) is 11.7. The molecule has 0 radical (unpaired) electrons. The third-order valence-corrected chi connectivity index (χ3v) is 5.88. The van der Waals surface area contributed by atoms with Gasteiger partial charge in [0.05, 0.1) is 16.8 Å². The van der Waals surface area contributed by atoms with E-state index in [1.165, 1.54) is 22.7 Å². The maximum absolute atomic E-state index is 12.5. The van der Waals surface area contributed by atoms with Gasteiger partial charge in [-0.15, -0.1) is 34.0 Å². The minimum absolute atomic E-state index is 0.256. The second-order valence-electron chi connectivity index (χ2n) is 4.87. The van der Waals surface area contributed by atoms with Crippen LogP contribution in [-0.4, -0.2) is 15.9 Å². The molecule has 4 rings (SSSR count). The molecule has 1 amide bonds. The third-order valence-electron chi connectivity index (χ3n) is 3.24. The van der Waals surface area contributed by atoms with E-state index in [1.54, 1.807) is 23.7 Å². The summed E-state index contributed by atoms with van der Waals surface area (Å²) in [6.45, 7) is 1.87. The van der Waals surface area contributed by atoms with E-state index in [2.05, 4.69) is 15.3 Å². The molecule has 4 aromatic rings. The average Bonchev–Trinajstić information content (AvgIpc) is 3.34. The smallest absolute Gasteiger partial charge is 0.277 e. The Labute approximate surface area is 149 Å². The fraction of sp³-hybridized carbons (Fsp3) is 0.0625. The van der Waals surface area contributed by atoms with Crippen LogP contribution in [-0.2, 0) is 0 Å². The summed E-state index contributed by atoms with van der Waals surface area (Å²) < 4.78 is 5.34. The molecule has 0 aliphatic heterocycles. The van der Waals surface area contributed by atoms with E-state index in [9.17, 15) is 4.79 Å². The second kappa shape index (κ2) is 6.31. The maximum atomic E-state index is 12.5. The predicted molar refractivity (Wildman–Crippen MR) is 97.9 cm³/mol. The molecular formula is C16H11N3O2S3. The number of thiophene rings is 1. The van der Waals surface area contributed by atoms with Gasteiger partial charge in [0.2, 0.25) is 0 Å². The van der Waals surface area contributed by atoms with Crippen molar-refractivity contribution in [3.63, 3.8) is 0 Å². The molecule has 0 spiro atoms. The van der Waals surface area contributed by atoms with Crippen LogP contribution in [0.15, 0.2) is 45.7 Å². The van der Waals surface area contributed by atoms with Crippen LogP contribution in [0.2, 0.25) is 0 Å². The van der Waals surface area contributed by atoms with Gasteiger partial charge in [0, 0.05) is 10.3 Å². The number of anilines is 1. The summed E-state index contributed by atoms with van der Waals surface area (Å²) in [5.74, 6) is 0.407. The van der Waals surface area contributed by atoms with Gasteiger partial charge in [0.15, 0.2) is 15.9 Å². The molecule has 0 bridgehead atoms. The Morgan fingerprint density at radius 2 is 2.12 bits per heavy atom. The lowest BCUT2D eigenvalue weighted by molar-refractivity contribution is 0.102. The summed E-state index contributed by atoms with van der Waals surface area (Å²) in [5, 5.41) is 8.02. The highest BCUT2D eigenvalue weighted by Crippen LogP contribution is 2.30. The summed E-state index contributed by atoms with van der Waals surface area (Å²) in [6, 6.07) is 7.61. The van der Waals surface area contributed by atoms with Gasteiger partial charge < -0.3 is 4.42 Å². The van der Waals surface area contributed by atoms with Gasteiger partial charge in [0.25, 0.3) is 5.91 Å². The zero-order valence-electron chi connectivity index (χ0n) is 12.5. The van der Waals surface area contributed by atoms with Gasteiger partial charge >= 0.3 is 0 Å². The summed E-state index contributed by atoms with van der Waals surface area (Å²) in [7, 11) is 0. The SMILES string of the molecule is Cc1sc(-c2ccco2)nc1C(=O)Nc1nc(-c2cccs2)cs1. The van der Waals surface area contributed by atoms with E-state index in [-0.39, 0.29) is 5.91 Å². The Kier molecular flexibility index (Phi) is 4.01. The fourth-order valence-corrected chi connectivity index (χ4v) is 4.48. The van der Waals surface area contributed by atoms with Gasteiger partial charge in [-0.3, -0.25) is 10.1 Å². The minimum atomic E-state index is -0.256.